The molecule has 1 aromatic heterocycles. The molecular formula is C7H11N2O. The smallest absolute Gasteiger partial charge is 0.0730 e. The van der Waals surface area contributed by atoms with Gasteiger partial charge in [-0.15, -0.1) is 0 Å². The van der Waals surface area contributed by atoms with Gasteiger partial charge in [-0.3, -0.25) is 5.10 Å². The van der Waals surface area contributed by atoms with Crippen molar-refractivity contribution in [3.8, 4) is 0 Å². The second kappa shape index (κ2) is 2.42. The van der Waals surface area contributed by atoms with E-state index < -0.39 is 5.60 Å². The first-order valence-corrected chi connectivity index (χ1v) is 3.21. The van der Waals surface area contributed by atoms with E-state index in [2.05, 4.69) is 16.3 Å². The highest BCUT2D eigenvalue weighted by Gasteiger charge is 2.14. The van der Waals surface area contributed by atoms with Crippen LogP contribution in [0.15, 0.2) is 6.20 Å². The minimum absolute atomic E-state index is 0.538. The first-order valence-electron chi connectivity index (χ1n) is 3.21. The second-order valence-electron chi connectivity index (χ2n) is 2.97. The molecule has 0 aliphatic rings. The fourth-order valence-corrected chi connectivity index (χ4v) is 0.758. The van der Waals surface area contributed by atoms with Crippen LogP contribution in [0, 0.1) is 6.07 Å². The first-order chi connectivity index (χ1) is 4.58. The van der Waals surface area contributed by atoms with Crippen molar-refractivity contribution in [3.05, 3.63) is 18.0 Å². The van der Waals surface area contributed by atoms with E-state index in [0.717, 1.165) is 5.69 Å². The number of aromatic amines is 1. The third-order valence-corrected chi connectivity index (χ3v) is 1.10. The van der Waals surface area contributed by atoms with E-state index in [4.69, 9.17) is 0 Å². The summed E-state index contributed by atoms with van der Waals surface area (Å²) < 4.78 is 0. The van der Waals surface area contributed by atoms with Crippen LogP contribution >= 0.6 is 0 Å². The van der Waals surface area contributed by atoms with Gasteiger partial charge in [-0.2, -0.15) is 5.10 Å². The molecule has 0 unspecified atom stereocenters. The predicted octanol–water partition coefficient (Wildman–Crippen LogP) is 0.523. The largest absolute Gasteiger partial charge is 0.390 e. The van der Waals surface area contributed by atoms with Crippen LogP contribution in [0.1, 0.15) is 19.5 Å². The highest BCUT2D eigenvalue weighted by atomic mass is 16.3. The summed E-state index contributed by atoms with van der Waals surface area (Å²) in [6, 6.07) is 2.87. The number of H-pyrrole nitrogens is 1. The Hall–Kier alpha value is -0.830. The van der Waals surface area contributed by atoms with Gasteiger partial charge in [0.15, 0.2) is 0 Å². The van der Waals surface area contributed by atoms with E-state index in [1.54, 1.807) is 20.0 Å². The molecule has 0 aliphatic heterocycles. The van der Waals surface area contributed by atoms with Crippen LogP contribution in [-0.4, -0.2) is 20.9 Å². The molecule has 2 N–H and O–H groups in total. The lowest BCUT2D eigenvalue weighted by atomic mass is 10.0. The zero-order chi connectivity index (χ0) is 7.61. The van der Waals surface area contributed by atoms with Crippen LogP contribution in [0.3, 0.4) is 0 Å². The lowest BCUT2D eigenvalue weighted by Gasteiger charge is -2.13. The highest BCUT2D eigenvalue weighted by molar-refractivity contribution is 4.98. The van der Waals surface area contributed by atoms with Crippen molar-refractivity contribution in [3.63, 3.8) is 0 Å². The van der Waals surface area contributed by atoms with Crippen LogP contribution in [0.25, 0.3) is 0 Å². The number of hydrogen-bond acceptors (Lipinski definition) is 2. The topological polar surface area (TPSA) is 48.9 Å². The maximum Gasteiger partial charge on any atom is 0.0730 e. The third-order valence-electron chi connectivity index (χ3n) is 1.10. The van der Waals surface area contributed by atoms with Crippen LogP contribution in [0.4, 0.5) is 0 Å². The van der Waals surface area contributed by atoms with Crippen molar-refractivity contribution < 1.29 is 5.11 Å². The molecule has 1 heterocycles. The zero-order valence-corrected chi connectivity index (χ0v) is 6.18. The molecule has 0 spiro atoms. The molecular weight excluding hydrogens is 128 g/mol. The summed E-state index contributed by atoms with van der Waals surface area (Å²) >= 11 is 0. The molecule has 1 rings (SSSR count). The molecule has 3 heteroatoms. The zero-order valence-electron chi connectivity index (χ0n) is 6.18. The van der Waals surface area contributed by atoms with Crippen molar-refractivity contribution in [1.29, 1.82) is 0 Å². The number of rotatable bonds is 2. The van der Waals surface area contributed by atoms with Crippen molar-refractivity contribution in [2.45, 2.75) is 25.9 Å². The molecule has 0 fully saturated rings. The van der Waals surface area contributed by atoms with Gasteiger partial charge in [-0.25, -0.2) is 0 Å². The first kappa shape index (κ1) is 7.28. The summed E-state index contributed by atoms with van der Waals surface area (Å²) in [6.07, 6.45) is 2.16. The summed E-state index contributed by atoms with van der Waals surface area (Å²) in [5.41, 5.74) is 0.0820. The Morgan fingerprint density at radius 1 is 1.80 bits per heavy atom. The Labute approximate surface area is 60.1 Å². The molecule has 0 saturated carbocycles. The van der Waals surface area contributed by atoms with Gasteiger partial charge in [0.05, 0.1) is 11.3 Å². The Bertz CT molecular complexity index is 186. The molecule has 0 aliphatic carbocycles. The molecule has 0 saturated heterocycles. The number of nitrogens with zero attached hydrogens (tertiary/aromatic N) is 1. The Kier molecular flexibility index (Phi) is 1.76. The maximum atomic E-state index is 9.32. The molecule has 0 aromatic carbocycles. The second-order valence-corrected chi connectivity index (χ2v) is 2.97. The number of nitrogens with one attached hydrogen (secondary N) is 1. The molecule has 0 bridgehead atoms. The Balaban J connectivity index is 2.57. The van der Waals surface area contributed by atoms with E-state index >= 15 is 0 Å². The van der Waals surface area contributed by atoms with Gasteiger partial charge in [0.1, 0.15) is 0 Å². The third kappa shape index (κ3) is 2.19. The lowest BCUT2D eigenvalue weighted by Crippen LogP contribution is -2.22. The van der Waals surface area contributed by atoms with E-state index in [1.165, 1.54) is 0 Å². The van der Waals surface area contributed by atoms with Crippen LogP contribution in [0.2, 0.25) is 0 Å². The lowest BCUT2D eigenvalue weighted by molar-refractivity contribution is 0.0799. The summed E-state index contributed by atoms with van der Waals surface area (Å²) in [5.74, 6) is 0. The monoisotopic (exact) mass is 139 g/mol. The van der Waals surface area contributed by atoms with Crippen LogP contribution in [-0.2, 0) is 6.42 Å². The Morgan fingerprint density at radius 3 is 2.90 bits per heavy atom. The average molecular weight is 139 g/mol. The summed E-state index contributed by atoms with van der Waals surface area (Å²) in [5, 5.41) is 15.8. The van der Waals surface area contributed by atoms with Gasteiger partial charge in [0.25, 0.3) is 0 Å². The molecule has 1 aromatic rings. The van der Waals surface area contributed by atoms with Crippen LogP contribution < -0.4 is 0 Å². The van der Waals surface area contributed by atoms with Crippen molar-refractivity contribution in [2.75, 3.05) is 0 Å². The molecule has 0 atom stereocenters. The average Bonchev–Trinajstić information content (AvgIpc) is 2.12. The van der Waals surface area contributed by atoms with Crippen LogP contribution in [0.5, 0.6) is 0 Å². The van der Waals surface area contributed by atoms with Gasteiger partial charge in [-0.1, -0.05) is 0 Å². The molecule has 3 nitrogen and oxygen atoms in total. The Morgan fingerprint density at radius 2 is 2.50 bits per heavy atom. The van der Waals surface area contributed by atoms with Crippen molar-refractivity contribution in [1.82, 2.24) is 10.2 Å². The number of aliphatic hydroxyl groups is 1. The summed E-state index contributed by atoms with van der Waals surface area (Å²) in [4.78, 5) is 0. The maximum absolute atomic E-state index is 9.32. The minimum Gasteiger partial charge on any atom is -0.390 e. The minimum atomic E-state index is -0.689. The normalized spacial score (nSPS) is 11.9. The number of hydrogen-bond donors (Lipinski definition) is 2. The fraction of sp³-hybridized carbons (Fsp3) is 0.571. The SMILES string of the molecule is CC(C)(O)Cc1[c]c[nH]n1. The van der Waals surface area contributed by atoms with Gasteiger partial charge < -0.3 is 5.11 Å². The highest BCUT2D eigenvalue weighted by Crippen LogP contribution is 2.07. The van der Waals surface area contributed by atoms with E-state index in [1.807, 2.05) is 0 Å². The van der Waals surface area contributed by atoms with Gasteiger partial charge in [0, 0.05) is 18.7 Å². The summed E-state index contributed by atoms with van der Waals surface area (Å²) in [7, 11) is 0. The standard InChI is InChI=1S/C7H11N2O/c1-7(2,10)5-6-3-4-8-9-6/h4,10H,5H2,1-2H3,(H,8,9). The van der Waals surface area contributed by atoms with Gasteiger partial charge >= 0.3 is 0 Å². The van der Waals surface area contributed by atoms with Gasteiger partial charge in [0.2, 0.25) is 0 Å². The van der Waals surface area contributed by atoms with E-state index in [-0.39, 0.29) is 0 Å². The predicted molar refractivity (Wildman–Crippen MR) is 37.4 cm³/mol. The molecule has 0 amide bonds. The fourth-order valence-electron chi connectivity index (χ4n) is 0.758. The van der Waals surface area contributed by atoms with Crippen molar-refractivity contribution >= 4 is 0 Å². The quantitative estimate of drug-likeness (QED) is 0.627. The molecule has 10 heavy (non-hydrogen) atoms. The van der Waals surface area contributed by atoms with E-state index in [0.29, 0.717) is 6.42 Å². The van der Waals surface area contributed by atoms with Crippen molar-refractivity contribution in [2.24, 2.45) is 0 Å². The number of aromatic nitrogens is 2. The molecule has 1 radical (unpaired) electrons. The van der Waals surface area contributed by atoms with Gasteiger partial charge in [-0.05, 0) is 13.8 Å². The molecule has 55 valence electrons. The summed E-state index contributed by atoms with van der Waals surface area (Å²) in [6.45, 7) is 3.49. The van der Waals surface area contributed by atoms with E-state index in [9.17, 15) is 5.11 Å².